The normalized spacial score (nSPS) is 9.40. The van der Waals surface area contributed by atoms with Crippen LogP contribution in [0.3, 0.4) is 0 Å². The highest BCUT2D eigenvalue weighted by Crippen LogP contribution is 2.18. The van der Waals surface area contributed by atoms with E-state index in [0.717, 1.165) is 11.6 Å². The molecule has 0 saturated heterocycles. The highest BCUT2D eigenvalue weighted by atomic mass is 32.1. The van der Waals surface area contributed by atoms with E-state index in [1.54, 1.807) is 0 Å². The zero-order valence-corrected chi connectivity index (χ0v) is 8.93. The maximum atomic E-state index is 13.3. The Labute approximate surface area is 93.4 Å². The molecule has 0 radical (unpaired) electrons. The first-order valence-corrected chi connectivity index (χ1v) is 4.90. The van der Waals surface area contributed by atoms with E-state index in [4.69, 9.17) is 10.00 Å². The van der Waals surface area contributed by atoms with Gasteiger partial charge in [-0.3, -0.25) is 0 Å². The molecule has 0 aliphatic heterocycles. The van der Waals surface area contributed by atoms with Gasteiger partial charge in [-0.2, -0.15) is 17.9 Å². The monoisotopic (exact) mass is 223 g/mol. The van der Waals surface area contributed by atoms with E-state index < -0.39 is 5.82 Å². The Morgan fingerprint density at radius 3 is 2.87 bits per heavy atom. The van der Waals surface area contributed by atoms with Crippen molar-refractivity contribution < 1.29 is 9.13 Å². The second-order valence-electron chi connectivity index (χ2n) is 2.95. The molecule has 2 nitrogen and oxygen atoms in total. The van der Waals surface area contributed by atoms with E-state index in [2.05, 4.69) is 19.2 Å². The first-order valence-electron chi connectivity index (χ1n) is 4.27. The summed E-state index contributed by atoms with van der Waals surface area (Å²) >= 11 is 4.00. The lowest BCUT2D eigenvalue weighted by molar-refractivity contribution is 0.333. The van der Waals surface area contributed by atoms with Gasteiger partial charge >= 0.3 is 0 Å². The highest BCUT2D eigenvalue weighted by molar-refractivity contribution is 7.80. The summed E-state index contributed by atoms with van der Waals surface area (Å²) in [4.78, 5) is 0. The molecule has 0 N–H and O–H groups in total. The van der Waals surface area contributed by atoms with Gasteiger partial charge in [-0.25, -0.2) is 4.39 Å². The van der Waals surface area contributed by atoms with Gasteiger partial charge in [-0.15, -0.1) is 0 Å². The summed E-state index contributed by atoms with van der Waals surface area (Å²) < 4.78 is 18.4. The summed E-state index contributed by atoms with van der Waals surface area (Å²) in [6.07, 6.45) is 0. The molecular formula is C11H10FNOS. The predicted octanol–water partition coefficient (Wildman–Crippen LogP) is 2.56. The SMILES string of the molecule is C=C(CS)COc1ccc(C#N)cc1F. The van der Waals surface area contributed by atoms with Crippen LogP contribution < -0.4 is 4.74 Å². The van der Waals surface area contributed by atoms with Gasteiger partial charge < -0.3 is 4.74 Å². The number of ether oxygens (including phenoxy) is 1. The molecule has 0 saturated carbocycles. The molecule has 0 spiro atoms. The van der Waals surface area contributed by atoms with Crippen LogP contribution in [-0.4, -0.2) is 12.4 Å². The van der Waals surface area contributed by atoms with Crippen LogP contribution in [0.1, 0.15) is 5.56 Å². The lowest BCUT2D eigenvalue weighted by Crippen LogP contribution is -2.02. The van der Waals surface area contributed by atoms with Gasteiger partial charge in [0.05, 0.1) is 11.6 Å². The van der Waals surface area contributed by atoms with Gasteiger partial charge in [0.25, 0.3) is 0 Å². The maximum absolute atomic E-state index is 13.3. The van der Waals surface area contributed by atoms with Crippen molar-refractivity contribution >= 4 is 12.6 Å². The van der Waals surface area contributed by atoms with E-state index in [0.29, 0.717) is 5.75 Å². The van der Waals surface area contributed by atoms with Crippen LogP contribution >= 0.6 is 12.6 Å². The second-order valence-corrected chi connectivity index (χ2v) is 3.27. The van der Waals surface area contributed by atoms with Crippen molar-refractivity contribution in [3.05, 3.63) is 41.7 Å². The predicted molar refractivity (Wildman–Crippen MR) is 59.6 cm³/mol. The van der Waals surface area contributed by atoms with E-state index in [9.17, 15) is 4.39 Å². The van der Waals surface area contributed by atoms with Crippen LogP contribution in [0.2, 0.25) is 0 Å². The highest BCUT2D eigenvalue weighted by Gasteiger charge is 2.04. The Kier molecular flexibility index (Phi) is 4.19. The number of halogens is 1. The summed E-state index contributed by atoms with van der Waals surface area (Å²) in [6.45, 7) is 3.90. The molecule has 78 valence electrons. The Hall–Kier alpha value is -1.47. The molecule has 0 aromatic heterocycles. The van der Waals surface area contributed by atoms with Crippen LogP contribution in [0.25, 0.3) is 0 Å². The molecule has 0 unspecified atom stereocenters. The van der Waals surface area contributed by atoms with Crippen LogP contribution in [0.5, 0.6) is 5.75 Å². The number of thiol groups is 1. The minimum atomic E-state index is -0.541. The van der Waals surface area contributed by atoms with Crippen molar-refractivity contribution in [2.24, 2.45) is 0 Å². The fourth-order valence-electron chi connectivity index (χ4n) is 0.913. The number of benzene rings is 1. The van der Waals surface area contributed by atoms with Crippen LogP contribution in [0.4, 0.5) is 4.39 Å². The van der Waals surface area contributed by atoms with Gasteiger partial charge in [0.2, 0.25) is 0 Å². The lowest BCUT2D eigenvalue weighted by atomic mass is 10.2. The zero-order valence-electron chi connectivity index (χ0n) is 8.03. The van der Waals surface area contributed by atoms with Gasteiger partial charge in [-0.05, 0) is 23.8 Å². The molecule has 0 amide bonds. The number of nitrogens with zero attached hydrogens (tertiary/aromatic N) is 1. The van der Waals surface area contributed by atoms with Crippen molar-refractivity contribution in [2.45, 2.75) is 0 Å². The van der Waals surface area contributed by atoms with Gasteiger partial charge in [0.15, 0.2) is 11.6 Å². The summed E-state index contributed by atoms with van der Waals surface area (Å²) in [5.74, 6) is 0.0793. The summed E-state index contributed by atoms with van der Waals surface area (Å²) in [7, 11) is 0. The van der Waals surface area contributed by atoms with Crippen LogP contribution in [0.15, 0.2) is 30.4 Å². The third-order valence-corrected chi connectivity index (χ3v) is 2.16. The molecule has 0 fully saturated rings. The Balaban J connectivity index is 2.71. The molecule has 1 aromatic rings. The number of rotatable bonds is 4. The molecule has 0 atom stereocenters. The molecule has 0 aliphatic rings. The Bertz CT molecular complexity index is 412. The Morgan fingerprint density at radius 1 is 1.60 bits per heavy atom. The average Bonchev–Trinajstić information content (AvgIpc) is 2.26. The van der Waals surface area contributed by atoms with Crippen LogP contribution in [-0.2, 0) is 0 Å². The first kappa shape index (κ1) is 11.6. The minimum Gasteiger partial charge on any atom is -0.486 e. The summed E-state index contributed by atoms with van der Waals surface area (Å²) in [5.41, 5.74) is 1.04. The van der Waals surface area contributed by atoms with E-state index >= 15 is 0 Å². The maximum Gasteiger partial charge on any atom is 0.166 e. The smallest absolute Gasteiger partial charge is 0.166 e. The van der Waals surface area contributed by atoms with Gasteiger partial charge in [0, 0.05) is 5.75 Å². The lowest BCUT2D eigenvalue weighted by Gasteiger charge is -2.07. The van der Waals surface area contributed by atoms with Crippen molar-refractivity contribution in [1.29, 1.82) is 5.26 Å². The molecule has 4 heteroatoms. The summed E-state index contributed by atoms with van der Waals surface area (Å²) in [6, 6.07) is 5.92. The third-order valence-electron chi connectivity index (χ3n) is 1.72. The molecule has 0 bridgehead atoms. The summed E-state index contributed by atoms with van der Waals surface area (Å²) in [5, 5.41) is 8.53. The van der Waals surface area contributed by atoms with Crippen molar-refractivity contribution in [3.8, 4) is 11.8 Å². The molecule has 1 aromatic carbocycles. The number of hydrogen-bond acceptors (Lipinski definition) is 3. The molecular weight excluding hydrogens is 213 g/mol. The number of nitriles is 1. The van der Waals surface area contributed by atoms with Crippen molar-refractivity contribution in [3.63, 3.8) is 0 Å². The number of hydrogen-bond donors (Lipinski definition) is 1. The quantitative estimate of drug-likeness (QED) is 0.628. The molecule has 15 heavy (non-hydrogen) atoms. The largest absolute Gasteiger partial charge is 0.486 e. The van der Waals surface area contributed by atoms with E-state index in [-0.39, 0.29) is 17.9 Å². The van der Waals surface area contributed by atoms with Crippen LogP contribution in [0, 0.1) is 17.1 Å². The third kappa shape index (κ3) is 3.30. The van der Waals surface area contributed by atoms with E-state index in [1.807, 2.05) is 6.07 Å². The molecule has 0 aliphatic carbocycles. The first-order chi connectivity index (χ1) is 7.17. The Morgan fingerprint density at radius 2 is 2.33 bits per heavy atom. The molecule has 1 rings (SSSR count). The second kappa shape index (κ2) is 5.42. The van der Waals surface area contributed by atoms with E-state index in [1.165, 1.54) is 12.1 Å². The average molecular weight is 223 g/mol. The van der Waals surface area contributed by atoms with Crippen molar-refractivity contribution in [2.75, 3.05) is 12.4 Å². The standard InChI is InChI=1S/C11H10FNOS/c1-8(7-15)6-14-11-3-2-9(5-13)4-10(11)12/h2-4,15H,1,6-7H2. The topological polar surface area (TPSA) is 33.0 Å². The van der Waals surface area contributed by atoms with Gasteiger partial charge in [-0.1, -0.05) is 6.58 Å². The fraction of sp³-hybridized carbons (Fsp3) is 0.182. The fourth-order valence-corrected chi connectivity index (χ4v) is 1.00. The zero-order chi connectivity index (χ0) is 11.3. The molecule has 0 heterocycles. The van der Waals surface area contributed by atoms with Crippen molar-refractivity contribution in [1.82, 2.24) is 0 Å². The minimum absolute atomic E-state index is 0.122. The van der Waals surface area contributed by atoms with Gasteiger partial charge in [0.1, 0.15) is 6.61 Å².